The van der Waals surface area contributed by atoms with Crippen molar-refractivity contribution in [3.63, 3.8) is 0 Å². The second kappa shape index (κ2) is 7.14. The summed E-state index contributed by atoms with van der Waals surface area (Å²) < 4.78 is 11.1. The molecule has 3 nitrogen and oxygen atoms in total. The standard InChI is InChI=1S/C18H23NO2/c1-13(2)21-16-9-6-8-14(11-16)17(19)12-15-7-4-5-10-18(15)20-3/h4-11,13,17H,12,19H2,1-3H3. The van der Waals surface area contributed by atoms with Crippen molar-refractivity contribution < 1.29 is 9.47 Å². The van der Waals surface area contributed by atoms with Crippen LogP contribution in [-0.4, -0.2) is 13.2 Å². The maximum Gasteiger partial charge on any atom is 0.122 e. The number of hydrogen-bond donors (Lipinski definition) is 1. The van der Waals surface area contributed by atoms with E-state index in [1.165, 1.54) is 0 Å². The van der Waals surface area contributed by atoms with Crippen molar-refractivity contribution in [1.82, 2.24) is 0 Å². The number of rotatable bonds is 6. The van der Waals surface area contributed by atoms with E-state index in [-0.39, 0.29) is 12.1 Å². The van der Waals surface area contributed by atoms with Crippen LogP contribution < -0.4 is 15.2 Å². The Hall–Kier alpha value is -2.00. The number of hydrogen-bond acceptors (Lipinski definition) is 3. The van der Waals surface area contributed by atoms with Crippen molar-refractivity contribution in [3.05, 3.63) is 59.7 Å². The minimum atomic E-state index is -0.0861. The second-order valence-corrected chi connectivity index (χ2v) is 5.36. The van der Waals surface area contributed by atoms with Crippen LogP contribution in [0.1, 0.15) is 31.0 Å². The first-order valence-corrected chi connectivity index (χ1v) is 7.24. The highest BCUT2D eigenvalue weighted by Crippen LogP contribution is 2.25. The summed E-state index contributed by atoms with van der Waals surface area (Å²) in [5, 5.41) is 0. The number of nitrogens with two attached hydrogens (primary N) is 1. The molecule has 1 atom stereocenters. The smallest absolute Gasteiger partial charge is 0.122 e. The lowest BCUT2D eigenvalue weighted by Crippen LogP contribution is -2.14. The van der Waals surface area contributed by atoms with E-state index in [0.29, 0.717) is 0 Å². The topological polar surface area (TPSA) is 44.5 Å². The third-order valence-corrected chi connectivity index (χ3v) is 3.29. The average Bonchev–Trinajstić information content (AvgIpc) is 2.47. The molecule has 21 heavy (non-hydrogen) atoms. The summed E-state index contributed by atoms with van der Waals surface area (Å²) >= 11 is 0. The normalized spacial score (nSPS) is 12.2. The molecule has 0 aromatic heterocycles. The van der Waals surface area contributed by atoms with E-state index < -0.39 is 0 Å². The summed E-state index contributed by atoms with van der Waals surface area (Å²) in [4.78, 5) is 0. The SMILES string of the molecule is COc1ccccc1CC(N)c1cccc(OC(C)C)c1. The molecule has 2 aromatic carbocycles. The van der Waals surface area contributed by atoms with Crippen LogP contribution in [0.15, 0.2) is 48.5 Å². The molecule has 0 heterocycles. The Balaban J connectivity index is 2.14. The van der Waals surface area contributed by atoms with Gasteiger partial charge >= 0.3 is 0 Å². The van der Waals surface area contributed by atoms with Crippen LogP contribution in [0.2, 0.25) is 0 Å². The summed E-state index contributed by atoms with van der Waals surface area (Å²) in [6.07, 6.45) is 0.889. The zero-order valence-electron chi connectivity index (χ0n) is 12.9. The molecule has 0 aliphatic rings. The van der Waals surface area contributed by atoms with Gasteiger partial charge < -0.3 is 15.2 Å². The molecule has 1 unspecified atom stereocenters. The van der Waals surface area contributed by atoms with Gasteiger partial charge in [-0.3, -0.25) is 0 Å². The molecular formula is C18H23NO2. The summed E-state index contributed by atoms with van der Waals surface area (Å²) in [7, 11) is 1.68. The van der Waals surface area contributed by atoms with Crippen LogP contribution in [-0.2, 0) is 6.42 Å². The molecule has 0 bridgehead atoms. The van der Waals surface area contributed by atoms with E-state index in [1.807, 2.05) is 62.4 Å². The lowest BCUT2D eigenvalue weighted by Gasteiger charge is -2.16. The Morgan fingerprint density at radius 2 is 1.81 bits per heavy atom. The van der Waals surface area contributed by atoms with Crippen LogP contribution in [0.4, 0.5) is 0 Å². The fourth-order valence-corrected chi connectivity index (χ4v) is 2.32. The molecular weight excluding hydrogens is 262 g/mol. The van der Waals surface area contributed by atoms with Crippen molar-refractivity contribution in [2.75, 3.05) is 7.11 Å². The minimum absolute atomic E-state index is 0.0861. The average molecular weight is 285 g/mol. The van der Waals surface area contributed by atoms with Crippen molar-refractivity contribution in [3.8, 4) is 11.5 Å². The third kappa shape index (κ3) is 4.23. The number of benzene rings is 2. The lowest BCUT2D eigenvalue weighted by atomic mass is 9.99. The molecule has 2 aromatic rings. The van der Waals surface area contributed by atoms with Crippen LogP contribution in [0.25, 0.3) is 0 Å². The Labute approximate surface area is 126 Å². The van der Waals surface area contributed by atoms with Crippen molar-refractivity contribution in [2.24, 2.45) is 5.73 Å². The van der Waals surface area contributed by atoms with Crippen LogP contribution >= 0.6 is 0 Å². The highest BCUT2D eigenvalue weighted by atomic mass is 16.5. The quantitative estimate of drug-likeness (QED) is 0.879. The van der Waals surface area contributed by atoms with Gasteiger partial charge in [0.1, 0.15) is 11.5 Å². The molecule has 0 fully saturated rings. The maximum atomic E-state index is 6.34. The maximum absolute atomic E-state index is 6.34. The van der Waals surface area contributed by atoms with Crippen molar-refractivity contribution in [2.45, 2.75) is 32.4 Å². The van der Waals surface area contributed by atoms with E-state index in [1.54, 1.807) is 7.11 Å². The van der Waals surface area contributed by atoms with Gasteiger partial charge in [-0.1, -0.05) is 30.3 Å². The molecule has 112 valence electrons. The van der Waals surface area contributed by atoms with E-state index in [4.69, 9.17) is 15.2 Å². The van der Waals surface area contributed by atoms with Gasteiger partial charge in [-0.25, -0.2) is 0 Å². The molecule has 0 aliphatic carbocycles. The van der Waals surface area contributed by atoms with E-state index >= 15 is 0 Å². The predicted molar refractivity (Wildman–Crippen MR) is 85.8 cm³/mol. The third-order valence-electron chi connectivity index (χ3n) is 3.29. The van der Waals surface area contributed by atoms with Crippen LogP contribution in [0, 0.1) is 0 Å². The molecule has 0 radical (unpaired) electrons. The molecule has 3 heteroatoms. The number of para-hydroxylation sites is 1. The Morgan fingerprint density at radius 3 is 2.52 bits per heavy atom. The molecule has 0 aliphatic heterocycles. The largest absolute Gasteiger partial charge is 0.496 e. The monoisotopic (exact) mass is 285 g/mol. The molecule has 0 saturated heterocycles. The fraction of sp³-hybridized carbons (Fsp3) is 0.333. The van der Waals surface area contributed by atoms with E-state index in [0.717, 1.165) is 29.0 Å². The van der Waals surface area contributed by atoms with Gasteiger partial charge in [0.15, 0.2) is 0 Å². The summed E-state index contributed by atoms with van der Waals surface area (Å²) in [6.45, 7) is 4.03. The first-order valence-electron chi connectivity index (χ1n) is 7.24. The van der Waals surface area contributed by atoms with Gasteiger partial charge in [0, 0.05) is 6.04 Å². The van der Waals surface area contributed by atoms with Gasteiger partial charge in [0.2, 0.25) is 0 Å². The van der Waals surface area contributed by atoms with Crippen molar-refractivity contribution >= 4 is 0 Å². The number of ether oxygens (including phenoxy) is 2. The van der Waals surface area contributed by atoms with Gasteiger partial charge in [-0.15, -0.1) is 0 Å². The summed E-state index contributed by atoms with van der Waals surface area (Å²) in [5.74, 6) is 1.74. The Morgan fingerprint density at radius 1 is 1.05 bits per heavy atom. The van der Waals surface area contributed by atoms with Gasteiger partial charge in [0.05, 0.1) is 13.2 Å². The summed E-state index contributed by atoms with van der Waals surface area (Å²) in [6, 6.07) is 15.9. The van der Waals surface area contributed by atoms with Crippen molar-refractivity contribution in [1.29, 1.82) is 0 Å². The van der Waals surface area contributed by atoms with Gasteiger partial charge in [0.25, 0.3) is 0 Å². The molecule has 0 spiro atoms. The molecule has 2 N–H and O–H groups in total. The van der Waals surface area contributed by atoms with E-state index in [2.05, 4.69) is 0 Å². The minimum Gasteiger partial charge on any atom is -0.496 e. The van der Waals surface area contributed by atoms with Gasteiger partial charge in [-0.2, -0.15) is 0 Å². The lowest BCUT2D eigenvalue weighted by molar-refractivity contribution is 0.242. The molecule has 0 saturated carbocycles. The van der Waals surface area contributed by atoms with Crippen LogP contribution in [0.3, 0.4) is 0 Å². The highest BCUT2D eigenvalue weighted by Gasteiger charge is 2.11. The highest BCUT2D eigenvalue weighted by molar-refractivity contribution is 5.36. The van der Waals surface area contributed by atoms with Crippen LogP contribution in [0.5, 0.6) is 11.5 Å². The van der Waals surface area contributed by atoms with Gasteiger partial charge in [-0.05, 0) is 49.6 Å². The first kappa shape index (κ1) is 15.4. The zero-order valence-corrected chi connectivity index (χ0v) is 12.9. The first-order chi connectivity index (χ1) is 10.1. The van der Waals surface area contributed by atoms with E-state index in [9.17, 15) is 0 Å². The molecule has 2 rings (SSSR count). The predicted octanol–water partition coefficient (Wildman–Crippen LogP) is 3.72. The number of methoxy groups -OCH3 is 1. The summed E-state index contributed by atoms with van der Waals surface area (Å²) in [5.41, 5.74) is 8.52. The Bertz CT molecular complexity index is 581. The second-order valence-electron chi connectivity index (χ2n) is 5.36. The fourth-order valence-electron chi connectivity index (χ4n) is 2.32. The Kier molecular flexibility index (Phi) is 5.23. The molecule has 0 amide bonds. The zero-order chi connectivity index (χ0) is 15.2.